The zero-order chi connectivity index (χ0) is 18.5. The first-order valence-corrected chi connectivity index (χ1v) is 10.2. The Hall–Kier alpha value is -2.17. The normalized spacial score (nSPS) is 21.2. The molecular weight excluding hydrogens is 334 g/mol. The summed E-state index contributed by atoms with van der Waals surface area (Å²) >= 11 is 0. The van der Waals surface area contributed by atoms with Crippen LogP contribution in [0.4, 0.5) is 0 Å². The Labute approximate surface area is 162 Å². The maximum Gasteiger partial charge on any atom is 0.253 e. The summed E-state index contributed by atoms with van der Waals surface area (Å²) in [6.45, 7) is 5.71. The molecule has 142 valence electrons. The highest BCUT2D eigenvalue weighted by Gasteiger charge is 2.25. The quantitative estimate of drug-likeness (QED) is 0.904. The van der Waals surface area contributed by atoms with E-state index < -0.39 is 0 Å². The minimum atomic E-state index is 0.141. The molecule has 1 amide bonds. The van der Waals surface area contributed by atoms with Crippen LogP contribution >= 0.6 is 0 Å². The highest BCUT2D eigenvalue weighted by Crippen LogP contribution is 2.19. The van der Waals surface area contributed by atoms with Gasteiger partial charge < -0.3 is 10.2 Å². The number of piperazine rings is 1. The fourth-order valence-corrected chi connectivity index (χ4v) is 4.15. The van der Waals surface area contributed by atoms with Gasteiger partial charge in [0.2, 0.25) is 0 Å². The van der Waals surface area contributed by atoms with Gasteiger partial charge in [0.05, 0.1) is 0 Å². The third-order valence-electron chi connectivity index (χ3n) is 5.72. The van der Waals surface area contributed by atoms with Gasteiger partial charge in [-0.1, -0.05) is 48.9 Å². The van der Waals surface area contributed by atoms with Crippen molar-refractivity contribution in [3.8, 4) is 0 Å². The van der Waals surface area contributed by atoms with Crippen molar-refractivity contribution in [1.82, 2.24) is 15.1 Å². The number of carbonyl (C=O) groups excluding carboxylic acids is 1. The van der Waals surface area contributed by atoms with Gasteiger partial charge in [0.1, 0.15) is 0 Å². The number of amides is 1. The SMILES string of the molecule is O=C(c1ccc(CN2CCCCC2)cc1)N1CCN[C@@H](c2ccccc2)C1. The second-order valence-corrected chi connectivity index (χ2v) is 7.70. The van der Waals surface area contributed by atoms with Crippen LogP contribution < -0.4 is 5.32 Å². The van der Waals surface area contributed by atoms with E-state index in [0.29, 0.717) is 0 Å². The Morgan fingerprint density at radius 2 is 1.67 bits per heavy atom. The summed E-state index contributed by atoms with van der Waals surface area (Å²) in [4.78, 5) is 17.5. The van der Waals surface area contributed by atoms with Crippen LogP contribution in [0.2, 0.25) is 0 Å². The predicted molar refractivity (Wildman–Crippen MR) is 109 cm³/mol. The molecule has 0 radical (unpaired) electrons. The van der Waals surface area contributed by atoms with Crippen LogP contribution in [0.25, 0.3) is 0 Å². The zero-order valence-electron chi connectivity index (χ0n) is 15.9. The summed E-state index contributed by atoms with van der Waals surface area (Å²) in [5, 5.41) is 3.53. The zero-order valence-corrected chi connectivity index (χ0v) is 15.9. The lowest BCUT2D eigenvalue weighted by atomic mass is 10.0. The molecule has 4 nitrogen and oxygen atoms in total. The van der Waals surface area contributed by atoms with Crippen molar-refractivity contribution in [2.24, 2.45) is 0 Å². The Morgan fingerprint density at radius 3 is 2.41 bits per heavy atom. The maximum absolute atomic E-state index is 13.0. The number of hydrogen-bond donors (Lipinski definition) is 1. The van der Waals surface area contributed by atoms with E-state index in [4.69, 9.17) is 0 Å². The third kappa shape index (κ3) is 4.57. The van der Waals surface area contributed by atoms with E-state index in [9.17, 15) is 4.79 Å². The molecular formula is C23H29N3O. The molecule has 4 rings (SSSR count). The van der Waals surface area contributed by atoms with Crippen LogP contribution in [0.15, 0.2) is 54.6 Å². The molecule has 2 aliphatic rings. The Morgan fingerprint density at radius 1 is 0.926 bits per heavy atom. The molecule has 2 fully saturated rings. The monoisotopic (exact) mass is 363 g/mol. The van der Waals surface area contributed by atoms with E-state index in [2.05, 4.69) is 46.6 Å². The van der Waals surface area contributed by atoms with Gasteiger partial charge >= 0.3 is 0 Å². The number of carbonyl (C=O) groups is 1. The van der Waals surface area contributed by atoms with Crippen molar-refractivity contribution < 1.29 is 4.79 Å². The molecule has 0 unspecified atom stereocenters. The smallest absolute Gasteiger partial charge is 0.253 e. The molecule has 4 heteroatoms. The molecule has 2 aromatic rings. The molecule has 2 saturated heterocycles. The standard InChI is InChI=1S/C23H29N3O/c27-23(26-16-13-24-22(18-26)20-7-3-1-4-8-20)21-11-9-19(10-12-21)17-25-14-5-2-6-15-25/h1,3-4,7-12,22,24H,2,5-6,13-18H2/t22-/m1/s1. The van der Waals surface area contributed by atoms with Crippen LogP contribution in [0.5, 0.6) is 0 Å². The predicted octanol–water partition coefficient (Wildman–Crippen LogP) is 3.46. The lowest BCUT2D eigenvalue weighted by molar-refractivity contribution is 0.0703. The van der Waals surface area contributed by atoms with Crippen LogP contribution in [0.1, 0.15) is 46.8 Å². The topological polar surface area (TPSA) is 35.6 Å². The summed E-state index contributed by atoms with van der Waals surface area (Å²) < 4.78 is 0. The Bertz CT molecular complexity index is 738. The largest absolute Gasteiger partial charge is 0.335 e. The first-order valence-electron chi connectivity index (χ1n) is 10.2. The maximum atomic E-state index is 13.0. The van der Waals surface area contributed by atoms with Crippen LogP contribution in [0, 0.1) is 0 Å². The highest BCUT2D eigenvalue weighted by molar-refractivity contribution is 5.94. The van der Waals surface area contributed by atoms with Crippen LogP contribution in [-0.2, 0) is 6.54 Å². The first kappa shape index (κ1) is 18.2. The van der Waals surface area contributed by atoms with Gasteiger partial charge in [0, 0.05) is 37.8 Å². The summed E-state index contributed by atoms with van der Waals surface area (Å²) in [5.74, 6) is 0.141. The number of rotatable bonds is 4. The second kappa shape index (κ2) is 8.68. The molecule has 27 heavy (non-hydrogen) atoms. The van der Waals surface area contributed by atoms with Crippen molar-refractivity contribution >= 4 is 5.91 Å². The average Bonchev–Trinajstić information content (AvgIpc) is 2.75. The molecule has 0 spiro atoms. The molecule has 2 aromatic carbocycles. The molecule has 0 bridgehead atoms. The van der Waals surface area contributed by atoms with Gasteiger partial charge in [-0.3, -0.25) is 9.69 Å². The number of likely N-dealkylation sites (tertiary alicyclic amines) is 1. The summed E-state index contributed by atoms with van der Waals surface area (Å²) in [5.41, 5.74) is 3.34. The molecule has 2 heterocycles. The molecule has 0 aromatic heterocycles. The molecule has 0 saturated carbocycles. The Balaban J connectivity index is 1.38. The van der Waals surface area contributed by atoms with Gasteiger partial charge in [0.15, 0.2) is 0 Å². The second-order valence-electron chi connectivity index (χ2n) is 7.70. The Kier molecular flexibility index (Phi) is 5.85. The third-order valence-corrected chi connectivity index (χ3v) is 5.72. The number of benzene rings is 2. The van der Waals surface area contributed by atoms with E-state index in [0.717, 1.165) is 31.7 Å². The molecule has 2 aliphatic heterocycles. The van der Waals surface area contributed by atoms with Crippen molar-refractivity contribution in [2.75, 3.05) is 32.7 Å². The van der Waals surface area contributed by atoms with E-state index in [1.165, 1.54) is 43.5 Å². The molecule has 0 aliphatic carbocycles. The van der Waals surface area contributed by atoms with Gasteiger partial charge in [-0.15, -0.1) is 0 Å². The van der Waals surface area contributed by atoms with E-state index >= 15 is 0 Å². The number of nitrogens with zero attached hydrogens (tertiary/aromatic N) is 2. The fourth-order valence-electron chi connectivity index (χ4n) is 4.15. The van der Waals surface area contributed by atoms with Gasteiger partial charge in [0.25, 0.3) is 5.91 Å². The lowest BCUT2D eigenvalue weighted by Gasteiger charge is -2.34. The van der Waals surface area contributed by atoms with Crippen LogP contribution in [-0.4, -0.2) is 48.4 Å². The summed E-state index contributed by atoms with van der Waals surface area (Å²) in [7, 11) is 0. The number of hydrogen-bond acceptors (Lipinski definition) is 3. The highest BCUT2D eigenvalue weighted by atomic mass is 16.2. The van der Waals surface area contributed by atoms with Gasteiger partial charge in [-0.2, -0.15) is 0 Å². The van der Waals surface area contributed by atoms with Gasteiger partial charge in [-0.05, 0) is 49.2 Å². The van der Waals surface area contributed by atoms with E-state index in [-0.39, 0.29) is 11.9 Å². The number of piperidine rings is 1. The summed E-state index contributed by atoms with van der Waals surface area (Å²) in [6.07, 6.45) is 3.98. The molecule has 1 atom stereocenters. The molecule has 1 N–H and O–H groups in total. The van der Waals surface area contributed by atoms with Crippen molar-refractivity contribution in [2.45, 2.75) is 31.8 Å². The van der Waals surface area contributed by atoms with Crippen molar-refractivity contribution in [3.05, 3.63) is 71.3 Å². The lowest BCUT2D eigenvalue weighted by Crippen LogP contribution is -2.48. The van der Waals surface area contributed by atoms with Crippen molar-refractivity contribution in [3.63, 3.8) is 0 Å². The first-order chi connectivity index (χ1) is 13.3. The van der Waals surface area contributed by atoms with Crippen molar-refractivity contribution in [1.29, 1.82) is 0 Å². The minimum Gasteiger partial charge on any atom is -0.335 e. The number of nitrogens with one attached hydrogen (secondary N) is 1. The minimum absolute atomic E-state index is 0.141. The van der Waals surface area contributed by atoms with E-state index in [1.807, 2.05) is 23.1 Å². The van der Waals surface area contributed by atoms with Gasteiger partial charge in [-0.25, -0.2) is 0 Å². The summed E-state index contributed by atoms with van der Waals surface area (Å²) in [6, 6.07) is 18.8. The fraction of sp³-hybridized carbons (Fsp3) is 0.435. The van der Waals surface area contributed by atoms with Crippen LogP contribution in [0.3, 0.4) is 0 Å². The average molecular weight is 364 g/mol. The van der Waals surface area contributed by atoms with E-state index in [1.54, 1.807) is 0 Å².